The Morgan fingerprint density at radius 2 is 1.41 bits per heavy atom. The summed E-state index contributed by atoms with van der Waals surface area (Å²) in [5, 5.41) is 0. The Morgan fingerprint density at radius 3 is 1.91 bits per heavy atom. The summed E-state index contributed by atoms with van der Waals surface area (Å²) in [5.41, 5.74) is 4.12. The lowest BCUT2D eigenvalue weighted by Gasteiger charge is -2.12. The van der Waals surface area contributed by atoms with Gasteiger partial charge in [0.05, 0.1) is 12.2 Å². The van der Waals surface area contributed by atoms with Crippen molar-refractivity contribution >= 4 is 5.97 Å². The van der Waals surface area contributed by atoms with Gasteiger partial charge in [-0.2, -0.15) is 0 Å². The van der Waals surface area contributed by atoms with Crippen LogP contribution in [0.25, 0.3) is 11.1 Å². The molecule has 0 saturated carbocycles. The van der Waals surface area contributed by atoms with Crippen LogP contribution in [0.1, 0.15) is 42.6 Å². The number of esters is 1. The monoisotopic (exact) mass is 296 g/mol. The van der Waals surface area contributed by atoms with Crippen LogP contribution in [-0.4, -0.2) is 12.6 Å². The van der Waals surface area contributed by atoms with Crippen LogP contribution in [0.2, 0.25) is 0 Å². The number of carbonyl (C=O) groups is 1. The highest BCUT2D eigenvalue weighted by atomic mass is 16.5. The van der Waals surface area contributed by atoms with Crippen LogP contribution in [0.4, 0.5) is 0 Å². The zero-order chi connectivity index (χ0) is 15.9. The first-order chi connectivity index (χ1) is 10.6. The summed E-state index contributed by atoms with van der Waals surface area (Å²) >= 11 is 0. The van der Waals surface area contributed by atoms with E-state index in [1.807, 2.05) is 24.3 Å². The Labute approximate surface area is 133 Å². The van der Waals surface area contributed by atoms with Gasteiger partial charge in [-0.1, -0.05) is 68.7 Å². The van der Waals surface area contributed by atoms with E-state index in [9.17, 15) is 4.79 Å². The second-order valence-electron chi connectivity index (χ2n) is 5.72. The molecule has 2 aromatic rings. The highest BCUT2D eigenvalue weighted by Gasteiger charge is 2.10. The largest absolute Gasteiger partial charge is 0.462 e. The molecule has 2 nitrogen and oxygen atoms in total. The average Bonchev–Trinajstić information content (AvgIpc) is 2.56. The molecule has 0 unspecified atom stereocenters. The van der Waals surface area contributed by atoms with Gasteiger partial charge in [-0.15, -0.1) is 0 Å². The van der Waals surface area contributed by atoms with Crippen LogP contribution < -0.4 is 0 Å². The number of benzene rings is 2. The Bertz CT molecular complexity index is 593. The van der Waals surface area contributed by atoms with Crippen molar-refractivity contribution in [2.24, 2.45) is 5.92 Å². The molecule has 0 aliphatic heterocycles. The molecule has 22 heavy (non-hydrogen) atoms. The first kappa shape index (κ1) is 16.3. The van der Waals surface area contributed by atoms with Crippen LogP contribution in [0.5, 0.6) is 0 Å². The number of hydrogen-bond donors (Lipinski definition) is 0. The maximum absolute atomic E-state index is 12.1. The molecule has 116 valence electrons. The third kappa shape index (κ3) is 4.20. The average molecular weight is 296 g/mol. The van der Waals surface area contributed by atoms with Crippen LogP contribution in [0.3, 0.4) is 0 Å². The summed E-state index contributed by atoms with van der Waals surface area (Å²) in [6, 6.07) is 16.0. The van der Waals surface area contributed by atoms with Crippen molar-refractivity contribution in [1.82, 2.24) is 0 Å². The highest BCUT2D eigenvalue weighted by Crippen LogP contribution is 2.20. The minimum absolute atomic E-state index is 0.234. The molecule has 0 fully saturated rings. The summed E-state index contributed by atoms with van der Waals surface area (Å²) in [5.74, 6) is 0.220. The van der Waals surface area contributed by atoms with Crippen molar-refractivity contribution < 1.29 is 9.53 Å². The summed E-state index contributed by atoms with van der Waals surface area (Å²) in [6.45, 7) is 6.82. The predicted octanol–water partition coefficient (Wildman–Crippen LogP) is 5.26. The highest BCUT2D eigenvalue weighted by molar-refractivity contribution is 5.90. The molecule has 0 bridgehead atoms. The SMILES string of the molecule is CCC(CC)COC(=O)c1ccc(-c2ccc(C)cc2)cc1. The molecule has 2 aromatic carbocycles. The molecule has 0 atom stereocenters. The van der Waals surface area contributed by atoms with E-state index in [1.54, 1.807) is 0 Å². The number of carbonyl (C=O) groups excluding carboxylic acids is 1. The fourth-order valence-electron chi connectivity index (χ4n) is 2.35. The Hall–Kier alpha value is -2.09. The van der Waals surface area contributed by atoms with E-state index < -0.39 is 0 Å². The fraction of sp³-hybridized carbons (Fsp3) is 0.350. The van der Waals surface area contributed by atoms with Gasteiger partial charge in [-0.25, -0.2) is 4.79 Å². The third-order valence-electron chi connectivity index (χ3n) is 4.11. The zero-order valence-corrected chi connectivity index (χ0v) is 13.6. The molecule has 0 spiro atoms. The van der Waals surface area contributed by atoms with E-state index in [0.29, 0.717) is 18.1 Å². The lowest BCUT2D eigenvalue weighted by molar-refractivity contribution is 0.0433. The van der Waals surface area contributed by atoms with Gasteiger partial charge in [0.1, 0.15) is 0 Å². The van der Waals surface area contributed by atoms with Gasteiger partial charge in [0, 0.05) is 0 Å². The van der Waals surface area contributed by atoms with Crippen LogP contribution in [0, 0.1) is 12.8 Å². The fourth-order valence-corrected chi connectivity index (χ4v) is 2.35. The molecule has 0 aliphatic carbocycles. The quantitative estimate of drug-likeness (QED) is 0.680. The lowest BCUT2D eigenvalue weighted by Crippen LogP contribution is -2.13. The standard InChI is InChI=1S/C20H24O2/c1-4-16(5-2)14-22-20(21)19-12-10-18(11-13-19)17-8-6-15(3)7-9-17/h6-13,16H,4-5,14H2,1-3H3. The number of hydrogen-bond acceptors (Lipinski definition) is 2. The van der Waals surface area contributed by atoms with E-state index >= 15 is 0 Å². The molecule has 0 N–H and O–H groups in total. The molecule has 0 aromatic heterocycles. The smallest absolute Gasteiger partial charge is 0.338 e. The minimum atomic E-state index is -0.234. The van der Waals surface area contributed by atoms with Gasteiger partial charge >= 0.3 is 5.97 Å². The molecule has 0 aliphatic rings. The maximum Gasteiger partial charge on any atom is 0.338 e. The van der Waals surface area contributed by atoms with Crippen LogP contribution in [0.15, 0.2) is 48.5 Å². The normalized spacial score (nSPS) is 10.7. The Balaban J connectivity index is 2.02. The summed E-state index contributed by atoms with van der Waals surface area (Å²) in [4.78, 5) is 12.1. The predicted molar refractivity (Wildman–Crippen MR) is 91.0 cm³/mol. The van der Waals surface area contributed by atoms with Crippen LogP contribution in [-0.2, 0) is 4.74 Å². The van der Waals surface area contributed by atoms with Crippen molar-refractivity contribution in [1.29, 1.82) is 0 Å². The molecule has 0 radical (unpaired) electrons. The van der Waals surface area contributed by atoms with Gasteiger partial charge in [0.15, 0.2) is 0 Å². The van der Waals surface area contributed by atoms with Crippen molar-refractivity contribution in [3.05, 3.63) is 59.7 Å². The molecular formula is C20H24O2. The molecule has 2 heteroatoms. The maximum atomic E-state index is 12.1. The molecule has 0 heterocycles. The van der Waals surface area contributed by atoms with E-state index in [4.69, 9.17) is 4.74 Å². The Morgan fingerprint density at radius 1 is 0.909 bits per heavy atom. The van der Waals surface area contributed by atoms with Crippen molar-refractivity contribution in [3.63, 3.8) is 0 Å². The first-order valence-corrected chi connectivity index (χ1v) is 7.98. The second-order valence-corrected chi connectivity index (χ2v) is 5.72. The van der Waals surface area contributed by atoms with Gasteiger partial charge < -0.3 is 4.74 Å². The Kier molecular flexibility index (Phi) is 5.76. The van der Waals surface area contributed by atoms with Crippen molar-refractivity contribution in [3.8, 4) is 11.1 Å². The van der Waals surface area contributed by atoms with Crippen LogP contribution >= 0.6 is 0 Å². The lowest BCUT2D eigenvalue weighted by atomic mass is 10.0. The summed E-state index contributed by atoms with van der Waals surface area (Å²) in [7, 11) is 0. The van der Waals surface area contributed by atoms with Crippen molar-refractivity contribution in [2.75, 3.05) is 6.61 Å². The zero-order valence-electron chi connectivity index (χ0n) is 13.6. The third-order valence-corrected chi connectivity index (χ3v) is 4.11. The molecule has 2 rings (SSSR count). The van der Waals surface area contributed by atoms with E-state index in [1.165, 1.54) is 5.56 Å². The second kappa shape index (κ2) is 7.79. The van der Waals surface area contributed by atoms with E-state index in [-0.39, 0.29) is 5.97 Å². The number of aryl methyl sites for hydroxylation is 1. The van der Waals surface area contributed by atoms with E-state index in [0.717, 1.165) is 24.0 Å². The molecular weight excluding hydrogens is 272 g/mol. The molecule has 0 amide bonds. The van der Waals surface area contributed by atoms with Gasteiger partial charge in [0.25, 0.3) is 0 Å². The van der Waals surface area contributed by atoms with E-state index in [2.05, 4.69) is 45.0 Å². The van der Waals surface area contributed by atoms with Gasteiger partial charge in [-0.3, -0.25) is 0 Å². The molecule has 0 saturated heterocycles. The number of ether oxygens (including phenoxy) is 1. The summed E-state index contributed by atoms with van der Waals surface area (Å²) < 4.78 is 5.39. The van der Waals surface area contributed by atoms with Crippen molar-refractivity contribution in [2.45, 2.75) is 33.6 Å². The first-order valence-electron chi connectivity index (χ1n) is 7.98. The minimum Gasteiger partial charge on any atom is -0.462 e. The summed E-state index contributed by atoms with van der Waals surface area (Å²) in [6.07, 6.45) is 2.08. The van der Waals surface area contributed by atoms with Gasteiger partial charge in [-0.05, 0) is 36.1 Å². The topological polar surface area (TPSA) is 26.3 Å². The van der Waals surface area contributed by atoms with Gasteiger partial charge in [0.2, 0.25) is 0 Å². The number of rotatable bonds is 6.